The lowest BCUT2D eigenvalue weighted by Gasteiger charge is -2.13. The van der Waals surface area contributed by atoms with Crippen LogP contribution in [0.3, 0.4) is 0 Å². The smallest absolute Gasteiger partial charge is 0.149 e. The van der Waals surface area contributed by atoms with Gasteiger partial charge in [-0.3, -0.25) is 0 Å². The summed E-state index contributed by atoms with van der Waals surface area (Å²) in [6.45, 7) is 4.00. The summed E-state index contributed by atoms with van der Waals surface area (Å²) in [5.41, 5.74) is 7.39. The quantitative estimate of drug-likeness (QED) is 0.897. The fraction of sp³-hybridized carbons (Fsp3) is 0.273. The van der Waals surface area contributed by atoms with Crippen molar-refractivity contribution in [3.63, 3.8) is 0 Å². The molecule has 0 saturated carbocycles. The molecule has 2 aromatic heterocycles. The number of nitrogens with one attached hydrogen (secondary N) is 1. The number of pyridine rings is 1. The van der Waals surface area contributed by atoms with Crippen molar-refractivity contribution in [2.75, 3.05) is 11.1 Å². The van der Waals surface area contributed by atoms with Crippen molar-refractivity contribution in [3.8, 4) is 0 Å². The van der Waals surface area contributed by atoms with Crippen molar-refractivity contribution in [1.29, 1.82) is 0 Å². The van der Waals surface area contributed by atoms with E-state index in [9.17, 15) is 0 Å². The van der Waals surface area contributed by atoms with E-state index in [2.05, 4.69) is 15.3 Å². The monoisotopic (exact) mass is 268 g/mol. The van der Waals surface area contributed by atoms with Crippen molar-refractivity contribution in [1.82, 2.24) is 9.97 Å². The first-order valence-corrected chi connectivity index (χ1v) is 6.41. The highest BCUT2D eigenvalue weighted by atomic mass is 35.5. The predicted octanol–water partition coefficient (Wildman–Crippen LogP) is 3.26. The number of aromatic nitrogens is 2. The van der Waals surface area contributed by atoms with Crippen LogP contribution in [0.4, 0.5) is 11.5 Å². The zero-order chi connectivity index (χ0) is 12.4. The maximum Gasteiger partial charge on any atom is 0.149 e. The molecule has 0 bridgehead atoms. The maximum absolute atomic E-state index is 5.83. The number of nitrogens with two attached hydrogens (primary N) is 1. The van der Waals surface area contributed by atoms with Crippen LogP contribution in [0.15, 0.2) is 17.6 Å². The first kappa shape index (κ1) is 12.1. The number of anilines is 2. The molecule has 0 saturated heterocycles. The van der Waals surface area contributed by atoms with E-state index in [1.165, 1.54) is 0 Å². The molecule has 2 rings (SSSR count). The van der Waals surface area contributed by atoms with Crippen LogP contribution in [0.25, 0.3) is 0 Å². The second kappa shape index (κ2) is 4.89. The van der Waals surface area contributed by atoms with E-state index in [4.69, 9.17) is 17.3 Å². The highest BCUT2D eigenvalue weighted by molar-refractivity contribution is 7.09. The Balaban J connectivity index is 2.15. The summed E-state index contributed by atoms with van der Waals surface area (Å²) in [5, 5.41) is 6.79. The molecule has 4 nitrogen and oxygen atoms in total. The molecule has 0 fully saturated rings. The third-order valence-corrected chi connectivity index (χ3v) is 3.60. The summed E-state index contributed by atoms with van der Waals surface area (Å²) >= 11 is 7.41. The third-order valence-electron chi connectivity index (χ3n) is 2.24. The van der Waals surface area contributed by atoms with E-state index < -0.39 is 0 Å². The largest absolute Gasteiger partial charge is 0.396 e. The minimum Gasteiger partial charge on any atom is -0.396 e. The summed E-state index contributed by atoms with van der Waals surface area (Å²) < 4.78 is 0. The number of nitrogen functional groups attached to an aromatic ring is 1. The highest BCUT2D eigenvalue weighted by Gasteiger charge is 2.11. The molecule has 1 atom stereocenters. The topological polar surface area (TPSA) is 63.8 Å². The summed E-state index contributed by atoms with van der Waals surface area (Å²) in [4.78, 5) is 8.57. The van der Waals surface area contributed by atoms with E-state index in [0.717, 1.165) is 10.7 Å². The Hall–Kier alpha value is -1.33. The summed E-state index contributed by atoms with van der Waals surface area (Å²) in [6, 6.07) is 1.75. The molecule has 0 aliphatic heterocycles. The lowest BCUT2D eigenvalue weighted by Crippen LogP contribution is -2.09. The zero-order valence-corrected chi connectivity index (χ0v) is 11.1. The molecule has 0 radical (unpaired) electrons. The number of hydrogen-bond donors (Lipinski definition) is 2. The average molecular weight is 269 g/mol. The van der Waals surface area contributed by atoms with Gasteiger partial charge in [-0.05, 0) is 19.9 Å². The Morgan fingerprint density at radius 2 is 2.29 bits per heavy atom. The molecule has 6 heteroatoms. The number of hydrogen-bond acceptors (Lipinski definition) is 5. The molecule has 0 aromatic carbocycles. The number of nitrogens with zero attached hydrogens (tertiary/aromatic N) is 2. The lowest BCUT2D eigenvalue weighted by atomic mass is 10.3. The molecule has 3 N–H and O–H groups in total. The molecular formula is C11H13ClN4S. The van der Waals surface area contributed by atoms with Gasteiger partial charge in [0.1, 0.15) is 10.8 Å². The molecule has 0 aliphatic carbocycles. The number of halogens is 1. The minimum absolute atomic E-state index is 0.0738. The maximum atomic E-state index is 5.83. The standard InChI is InChI=1S/C11H13ClN4S/c1-6-5-17-11(15-6)7(2)16-10-9(13)3-8(12)4-14-10/h3-5,7H,13H2,1-2H3,(H,14,16). The van der Waals surface area contributed by atoms with Crippen molar-refractivity contribution in [2.24, 2.45) is 0 Å². The van der Waals surface area contributed by atoms with Gasteiger partial charge in [-0.1, -0.05) is 11.6 Å². The number of rotatable bonds is 3. The third kappa shape index (κ3) is 2.87. The first-order valence-electron chi connectivity index (χ1n) is 5.16. The van der Waals surface area contributed by atoms with Gasteiger partial charge in [0, 0.05) is 17.3 Å². The van der Waals surface area contributed by atoms with Gasteiger partial charge >= 0.3 is 0 Å². The normalized spacial score (nSPS) is 12.4. The first-order chi connectivity index (χ1) is 8.06. The summed E-state index contributed by atoms with van der Waals surface area (Å²) in [7, 11) is 0. The summed E-state index contributed by atoms with van der Waals surface area (Å²) in [6.07, 6.45) is 1.57. The molecule has 2 aromatic rings. The van der Waals surface area contributed by atoms with Crippen molar-refractivity contribution < 1.29 is 0 Å². The lowest BCUT2D eigenvalue weighted by molar-refractivity contribution is 0.856. The summed E-state index contributed by atoms with van der Waals surface area (Å²) in [5.74, 6) is 0.634. The van der Waals surface area contributed by atoms with Crippen molar-refractivity contribution in [3.05, 3.63) is 33.4 Å². The Bertz CT molecular complexity index is 526. The van der Waals surface area contributed by atoms with Crippen molar-refractivity contribution >= 4 is 34.4 Å². The van der Waals surface area contributed by atoms with Gasteiger partial charge in [-0.15, -0.1) is 11.3 Å². The van der Waals surface area contributed by atoms with Crippen LogP contribution in [0, 0.1) is 6.92 Å². The Kier molecular flexibility index (Phi) is 3.49. The second-order valence-electron chi connectivity index (χ2n) is 3.78. The van der Waals surface area contributed by atoms with Crippen LogP contribution in [0.5, 0.6) is 0 Å². The number of aryl methyl sites for hydroxylation is 1. The molecule has 0 spiro atoms. The molecule has 1 unspecified atom stereocenters. The average Bonchev–Trinajstić information content (AvgIpc) is 2.69. The molecule has 90 valence electrons. The van der Waals surface area contributed by atoms with Gasteiger partial charge in [0.25, 0.3) is 0 Å². The number of thiazole rings is 1. The van der Waals surface area contributed by atoms with E-state index in [1.54, 1.807) is 23.6 Å². The molecule has 2 heterocycles. The van der Waals surface area contributed by atoms with Crippen LogP contribution >= 0.6 is 22.9 Å². The molecule has 0 amide bonds. The Morgan fingerprint density at radius 1 is 1.53 bits per heavy atom. The van der Waals surface area contributed by atoms with Gasteiger partial charge in [-0.25, -0.2) is 9.97 Å². The SMILES string of the molecule is Cc1csc(C(C)Nc2ncc(Cl)cc2N)n1. The Labute approximate surface area is 109 Å². The van der Waals surface area contributed by atoms with Gasteiger partial charge in [-0.2, -0.15) is 0 Å². The van der Waals surface area contributed by atoms with E-state index >= 15 is 0 Å². The second-order valence-corrected chi connectivity index (χ2v) is 5.11. The van der Waals surface area contributed by atoms with Crippen LogP contribution in [-0.4, -0.2) is 9.97 Å². The van der Waals surface area contributed by atoms with Gasteiger partial charge in [0.15, 0.2) is 0 Å². The van der Waals surface area contributed by atoms with Crippen LogP contribution in [0.1, 0.15) is 23.7 Å². The predicted molar refractivity (Wildman–Crippen MR) is 72.5 cm³/mol. The van der Waals surface area contributed by atoms with Crippen LogP contribution < -0.4 is 11.1 Å². The van der Waals surface area contributed by atoms with Crippen molar-refractivity contribution in [2.45, 2.75) is 19.9 Å². The molecule has 0 aliphatic rings. The highest BCUT2D eigenvalue weighted by Crippen LogP contribution is 2.25. The van der Waals surface area contributed by atoms with Crippen LogP contribution in [0.2, 0.25) is 5.02 Å². The van der Waals surface area contributed by atoms with Gasteiger partial charge < -0.3 is 11.1 Å². The fourth-order valence-electron chi connectivity index (χ4n) is 1.41. The van der Waals surface area contributed by atoms with Crippen LogP contribution in [-0.2, 0) is 0 Å². The van der Waals surface area contributed by atoms with Gasteiger partial charge in [0.2, 0.25) is 0 Å². The van der Waals surface area contributed by atoms with E-state index in [1.807, 2.05) is 19.2 Å². The van der Waals surface area contributed by atoms with E-state index in [0.29, 0.717) is 16.5 Å². The molecule has 17 heavy (non-hydrogen) atoms. The van der Waals surface area contributed by atoms with E-state index in [-0.39, 0.29) is 6.04 Å². The Morgan fingerprint density at radius 3 is 2.88 bits per heavy atom. The minimum atomic E-state index is 0.0738. The van der Waals surface area contributed by atoms with Gasteiger partial charge in [0.05, 0.1) is 16.8 Å². The fourth-order valence-corrected chi connectivity index (χ4v) is 2.38. The zero-order valence-electron chi connectivity index (χ0n) is 9.57. The molecular weight excluding hydrogens is 256 g/mol.